The molecule has 0 heterocycles. The van der Waals surface area contributed by atoms with Gasteiger partial charge in [0, 0.05) is 0 Å². The first-order valence-corrected chi connectivity index (χ1v) is 1.83. The predicted molar refractivity (Wildman–Crippen MR) is 23.5 cm³/mol. The molecular formula is C4H6NO2. The Balaban J connectivity index is 3.34. The zero-order chi connectivity index (χ0) is 5.86. The molecule has 0 aliphatic rings. The fraction of sp³-hybridized carbons (Fsp3) is 0.500. The van der Waals surface area contributed by atoms with Crippen LogP contribution in [0.15, 0.2) is 0 Å². The lowest BCUT2D eigenvalue weighted by molar-refractivity contribution is -0.138. The number of rotatable bonds is 2. The molecule has 1 atom stereocenters. The molecule has 0 aromatic rings. The number of carbonyl (C=O) groups is 1. The van der Waals surface area contributed by atoms with Gasteiger partial charge in [-0.15, -0.1) is 0 Å². The van der Waals surface area contributed by atoms with Gasteiger partial charge in [-0.05, 0) is 6.92 Å². The summed E-state index contributed by atoms with van der Waals surface area (Å²) in [5.41, 5.74) is 0. The number of hydrogen-bond donors (Lipinski definition) is 2. The third-order valence-corrected chi connectivity index (χ3v) is 0.587. The minimum atomic E-state index is -1.00. The molecule has 0 saturated carbocycles. The summed E-state index contributed by atoms with van der Waals surface area (Å²) in [6, 6.07) is -0.764. The van der Waals surface area contributed by atoms with E-state index >= 15 is 0 Å². The van der Waals surface area contributed by atoms with Crippen LogP contribution in [0.1, 0.15) is 6.92 Å². The molecule has 0 spiro atoms. The van der Waals surface area contributed by atoms with E-state index in [1.807, 2.05) is 5.32 Å². The van der Waals surface area contributed by atoms with E-state index in [9.17, 15) is 4.79 Å². The van der Waals surface area contributed by atoms with Crippen molar-refractivity contribution in [2.24, 2.45) is 0 Å². The van der Waals surface area contributed by atoms with Crippen LogP contribution in [0.5, 0.6) is 0 Å². The molecule has 0 aromatic carbocycles. The van der Waals surface area contributed by atoms with Gasteiger partial charge < -0.3 is 5.11 Å². The summed E-state index contributed by atoms with van der Waals surface area (Å²) in [6.45, 7) is 1.40. The highest BCUT2D eigenvalue weighted by Crippen LogP contribution is 1.75. The zero-order valence-electron chi connectivity index (χ0n) is 3.93. The van der Waals surface area contributed by atoms with Crippen molar-refractivity contribution < 1.29 is 9.90 Å². The number of carboxylic acids is 1. The van der Waals surface area contributed by atoms with Crippen molar-refractivity contribution in [1.82, 2.24) is 5.32 Å². The Bertz CT molecular complexity index is 72.1. The van der Waals surface area contributed by atoms with Crippen molar-refractivity contribution >= 4 is 5.97 Å². The first-order chi connectivity index (χ1) is 3.18. The van der Waals surface area contributed by atoms with Gasteiger partial charge in [0.15, 0.2) is 0 Å². The molecule has 0 unspecified atom stereocenters. The second-order valence-electron chi connectivity index (χ2n) is 1.20. The molecule has 0 amide bonds. The standard InChI is InChI=1S/C4H6NO2/c1-3(5-2)4(6)7/h3,5H,1H3,(H,6,7)/t3-/m0/s1. The highest BCUT2D eigenvalue weighted by molar-refractivity contribution is 5.72. The van der Waals surface area contributed by atoms with Crippen molar-refractivity contribution in [3.8, 4) is 0 Å². The first kappa shape index (κ1) is 6.43. The summed E-state index contributed by atoms with van der Waals surface area (Å²) in [7, 11) is 6.31. The van der Waals surface area contributed by atoms with Crippen LogP contribution in [0.4, 0.5) is 0 Å². The maximum atomic E-state index is 9.75. The smallest absolute Gasteiger partial charge is 0.320 e. The highest BCUT2D eigenvalue weighted by Gasteiger charge is 2.04. The minimum Gasteiger partial charge on any atom is -0.480 e. The third-order valence-electron chi connectivity index (χ3n) is 0.587. The largest absolute Gasteiger partial charge is 0.480 e. The lowest BCUT2D eigenvalue weighted by atomic mass is 10.4. The van der Waals surface area contributed by atoms with Crippen LogP contribution in [0.2, 0.25) is 0 Å². The molecule has 3 heteroatoms. The molecule has 0 saturated heterocycles. The Kier molecular flexibility index (Phi) is 2.37. The fourth-order valence-corrected chi connectivity index (χ4v) is 0.0617. The third kappa shape index (κ3) is 2.17. The molecule has 2 N–H and O–H groups in total. The topological polar surface area (TPSA) is 49.3 Å². The van der Waals surface area contributed by atoms with Gasteiger partial charge >= 0.3 is 5.97 Å². The zero-order valence-corrected chi connectivity index (χ0v) is 3.93. The average molecular weight is 100 g/mol. The van der Waals surface area contributed by atoms with Gasteiger partial charge in [-0.2, -0.15) is 0 Å². The fourth-order valence-electron chi connectivity index (χ4n) is 0.0617. The van der Waals surface area contributed by atoms with Crippen LogP contribution >= 0.6 is 0 Å². The van der Waals surface area contributed by atoms with Gasteiger partial charge in [0.2, 0.25) is 0 Å². The van der Waals surface area contributed by atoms with Crippen molar-refractivity contribution in [2.75, 3.05) is 0 Å². The summed E-state index contributed by atoms with van der Waals surface area (Å²) < 4.78 is 0. The van der Waals surface area contributed by atoms with E-state index in [0.717, 1.165) is 0 Å². The highest BCUT2D eigenvalue weighted by atomic mass is 16.4. The summed E-state index contributed by atoms with van der Waals surface area (Å²) >= 11 is 0. The second kappa shape index (κ2) is 2.58. The van der Waals surface area contributed by atoms with Crippen molar-refractivity contribution in [2.45, 2.75) is 13.0 Å². The Morgan fingerprint density at radius 3 is 2.43 bits per heavy atom. The molecule has 0 rings (SSSR count). The van der Waals surface area contributed by atoms with Crippen LogP contribution in [0.3, 0.4) is 0 Å². The van der Waals surface area contributed by atoms with E-state index in [-0.39, 0.29) is 0 Å². The lowest BCUT2D eigenvalue weighted by Gasteiger charge is -1.98. The molecule has 0 aliphatic carbocycles. The maximum absolute atomic E-state index is 9.75. The number of carboxylic acid groups (broad SMARTS) is 1. The van der Waals surface area contributed by atoms with Gasteiger partial charge in [0.25, 0.3) is 0 Å². The number of nitrogens with one attached hydrogen (secondary N) is 1. The van der Waals surface area contributed by atoms with E-state index in [4.69, 9.17) is 12.2 Å². The Morgan fingerprint density at radius 1 is 2.00 bits per heavy atom. The second-order valence-corrected chi connectivity index (χ2v) is 1.20. The summed E-state index contributed by atoms with van der Waals surface area (Å²) in [5.74, 6) is -1.00. The maximum Gasteiger partial charge on any atom is 0.320 e. The summed E-state index contributed by atoms with van der Waals surface area (Å²) in [4.78, 5) is 9.75. The van der Waals surface area contributed by atoms with Gasteiger partial charge in [-0.1, -0.05) is 0 Å². The first-order valence-electron chi connectivity index (χ1n) is 1.83. The van der Waals surface area contributed by atoms with E-state index in [0.29, 0.717) is 0 Å². The summed E-state index contributed by atoms with van der Waals surface area (Å²) in [5, 5.41) is 9.81. The molecule has 3 nitrogen and oxygen atoms in total. The molecule has 0 fully saturated rings. The molecular weight excluding hydrogens is 94.0 g/mol. The predicted octanol–water partition coefficient (Wildman–Crippen LogP) is -0.405. The molecule has 3 radical (unpaired) electrons. The minimum absolute atomic E-state index is 0.764. The van der Waals surface area contributed by atoms with Crippen LogP contribution in [-0.4, -0.2) is 17.1 Å². The Hall–Kier alpha value is -0.570. The van der Waals surface area contributed by atoms with Crippen LogP contribution in [0.25, 0.3) is 0 Å². The normalized spacial score (nSPS) is 13.4. The van der Waals surface area contributed by atoms with Crippen molar-refractivity contribution in [1.29, 1.82) is 0 Å². The molecule has 0 aliphatic heterocycles. The van der Waals surface area contributed by atoms with Crippen molar-refractivity contribution in [3.63, 3.8) is 0 Å². The number of hydrogen-bond acceptors (Lipinski definition) is 2. The van der Waals surface area contributed by atoms with Crippen LogP contribution in [-0.2, 0) is 4.79 Å². The van der Waals surface area contributed by atoms with Gasteiger partial charge in [-0.25, -0.2) is 0 Å². The molecule has 39 valence electrons. The van der Waals surface area contributed by atoms with Crippen LogP contribution < -0.4 is 5.32 Å². The quantitative estimate of drug-likeness (QED) is 0.496. The molecule has 0 aromatic heterocycles. The van der Waals surface area contributed by atoms with Gasteiger partial charge in [-0.3, -0.25) is 10.1 Å². The monoisotopic (exact) mass is 100 g/mol. The Labute approximate surface area is 42.3 Å². The van der Waals surface area contributed by atoms with E-state index < -0.39 is 12.0 Å². The average Bonchev–Trinajstić information content (AvgIpc) is 1.65. The summed E-state index contributed by atoms with van der Waals surface area (Å²) in [6.07, 6.45) is 0. The lowest BCUT2D eigenvalue weighted by Crippen LogP contribution is -2.28. The molecule has 0 bridgehead atoms. The Morgan fingerprint density at radius 2 is 2.43 bits per heavy atom. The SMILES string of the molecule is [C]N[C@@H](C)C(=O)O. The van der Waals surface area contributed by atoms with Gasteiger partial charge in [0.1, 0.15) is 6.04 Å². The van der Waals surface area contributed by atoms with E-state index in [2.05, 4.69) is 0 Å². The van der Waals surface area contributed by atoms with Crippen LogP contribution in [0, 0.1) is 7.05 Å². The van der Waals surface area contributed by atoms with Crippen molar-refractivity contribution in [3.05, 3.63) is 7.05 Å². The van der Waals surface area contributed by atoms with E-state index in [1.54, 1.807) is 0 Å². The number of aliphatic carboxylic acids is 1. The molecule has 7 heavy (non-hydrogen) atoms. The van der Waals surface area contributed by atoms with Gasteiger partial charge in [0.05, 0.1) is 7.05 Å². The van der Waals surface area contributed by atoms with E-state index in [1.165, 1.54) is 6.92 Å².